The Morgan fingerprint density at radius 2 is 1.83 bits per heavy atom. The largest absolute Gasteiger partial charge is 0.542 e. The van der Waals surface area contributed by atoms with Crippen LogP contribution in [0.4, 0.5) is 13.2 Å². The second kappa shape index (κ2) is 9.90. The van der Waals surface area contributed by atoms with Crippen LogP contribution in [0.2, 0.25) is 0 Å². The number of hydrogen-bond acceptors (Lipinski definition) is 2. The molecule has 0 bridgehead atoms. The molecular weight excluding hydrogens is 319 g/mol. The van der Waals surface area contributed by atoms with Crippen molar-refractivity contribution in [3.8, 4) is 0 Å². The quantitative estimate of drug-likeness (QED) is 0.610. The summed E-state index contributed by atoms with van der Waals surface area (Å²) >= 11 is 0. The Hall–Kier alpha value is -2.11. The fraction of sp³-hybridized carbons (Fsp3) is 0.444. The minimum absolute atomic E-state index is 1.18. The van der Waals surface area contributed by atoms with E-state index in [1.807, 2.05) is 0 Å². The van der Waals surface area contributed by atoms with Gasteiger partial charge in [0.05, 0.1) is 0 Å². The molecule has 0 fully saturated rings. The summed E-state index contributed by atoms with van der Waals surface area (Å²) in [6, 6.07) is 10.8. The van der Waals surface area contributed by atoms with Crippen LogP contribution in [0.15, 0.2) is 42.5 Å². The summed E-state index contributed by atoms with van der Waals surface area (Å²) in [5.41, 5.74) is 2.75. The van der Waals surface area contributed by atoms with Crippen molar-refractivity contribution < 1.29 is 27.6 Å². The molecule has 0 saturated carbocycles. The number of aliphatic carboxylic acids is 1. The van der Waals surface area contributed by atoms with Gasteiger partial charge in [0, 0.05) is 18.4 Å². The van der Waals surface area contributed by atoms with Crippen LogP contribution in [0.25, 0.3) is 0 Å². The number of hydrogen-bond donors (Lipinski definition) is 0. The molecule has 1 aliphatic rings. The van der Waals surface area contributed by atoms with Crippen LogP contribution in [0, 0.1) is 0 Å². The number of carboxylic acids is 1. The third-order valence-electron chi connectivity index (χ3n) is 3.54. The number of aryl methyl sites for hydroxylation is 1. The van der Waals surface area contributed by atoms with Crippen LogP contribution >= 0.6 is 0 Å². The standard InChI is InChI=1S/C16H22N.C2HF3O2/c1-15-8-7-13-17(14-15)12-6-5-11-16-9-3-2-4-10-16;3-2(4,5)1(6)7/h2-4,9-10,14H,1,5-8,11-13H2;(H,6,7)/q+1;/p-1. The zero-order valence-electron chi connectivity index (χ0n) is 13.5. The number of halogens is 3. The molecule has 1 aliphatic heterocycles. The van der Waals surface area contributed by atoms with Crippen molar-refractivity contribution in [1.29, 1.82) is 0 Å². The first-order valence-electron chi connectivity index (χ1n) is 7.88. The molecular formula is C18H22F3NO2. The number of unbranched alkanes of at least 4 members (excludes halogenated alkanes) is 1. The maximum atomic E-state index is 10.5. The molecule has 1 aromatic carbocycles. The first kappa shape index (κ1) is 19.9. The molecule has 0 N–H and O–H groups in total. The predicted octanol–water partition coefficient (Wildman–Crippen LogP) is 2.74. The predicted molar refractivity (Wildman–Crippen MR) is 84.9 cm³/mol. The van der Waals surface area contributed by atoms with Gasteiger partial charge in [0.1, 0.15) is 19.1 Å². The van der Waals surface area contributed by atoms with E-state index in [4.69, 9.17) is 9.90 Å². The number of nitrogens with zero attached hydrogens (tertiary/aromatic N) is 1. The zero-order valence-corrected chi connectivity index (χ0v) is 13.5. The second-order valence-corrected chi connectivity index (χ2v) is 5.65. The molecule has 2 rings (SSSR count). The van der Waals surface area contributed by atoms with Gasteiger partial charge in [-0.05, 0) is 24.8 Å². The van der Waals surface area contributed by atoms with Crippen LogP contribution in [0.5, 0.6) is 0 Å². The molecule has 3 nitrogen and oxygen atoms in total. The van der Waals surface area contributed by atoms with E-state index < -0.39 is 12.1 Å². The molecule has 6 heteroatoms. The van der Waals surface area contributed by atoms with E-state index in [2.05, 4.69) is 47.7 Å². The third-order valence-corrected chi connectivity index (χ3v) is 3.54. The van der Waals surface area contributed by atoms with Gasteiger partial charge >= 0.3 is 6.18 Å². The summed E-state index contributed by atoms with van der Waals surface area (Å²) < 4.78 is 34.0. The number of benzene rings is 1. The molecule has 0 atom stereocenters. The van der Waals surface area contributed by atoms with Crippen molar-refractivity contribution in [3.63, 3.8) is 0 Å². The van der Waals surface area contributed by atoms with Gasteiger partial charge in [-0.15, -0.1) is 0 Å². The van der Waals surface area contributed by atoms with Crippen LogP contribution in [0.1, 0.15) is 31.2 Å². The van der Waals surface area contributed by atoms with Crippen molar-refractivity contribution in [2.75, 3.05) is 13.1 Å². The van der Waals surface area contributed by atoms with E-state index in [9.17, 15) is 13.2 Å². The maximum Gasteiger partial charge on any atom is 0.430 e. The van der Waals surface area contributed by atoms with Gasteiger partial charge in [-0.1, -0.05) is 36.9 Å². The molecule has 0 spiro atoms. The van der Waals surface area contributed by atoms with Crippen molar-refractivity contribution in [3.05, 3.63) is 48.0 Å². The number of rotatable bonds is 5. The molecule has 1 heterocycles. The van der Waals surface area contributed by atoms with E-state index in [1.165, 1.54) is 56.3 Å². The highest BCUT2D eigenvalue weighted by Crippen LogP contribution is 2.11. The smallest absolute Gasteiger partial charge is 0.430 e. The van der Waals surface area contributed by atoms with Crippen LogP contribution < -0.4 is 5.11 Å². The summed E-state index contributed by atoms with van der Waals surface area (Å²) in [6.45, 7) is 6.44. The SMILES string of the molecule is C=C1C=[N+](CCCCc2ccccc2)CCC1.O=C([O-])C(F)(F)F. The van der Waals surface area contributed by atoms with Gasteiger partial charge in [-0.2, -0.15) is 13.2 Å². The third kappa shape index (κ3) is 8.50. The number of alkyl halides is 3. The van der Waals surface area contributed by atoms with Crippen LogP contribution in [-0.2, 0) is 11.2 Å². The zero-order chi connectivity index (χ0) is 18.0. The van der Waals surface area contributed by atoms with Gasteiger partial charge < -0.3 is 9.90 Å². The molecule has 24 heavy (non-hydrogen) atoms. The lowest BCUT2D eigenvalue weighted by molar-refractivity contribution is -0.526. The molecule has 0 radical (unpaired) electrons. The lowest BCUT2D eigenvalue weighted by atomic mass is 10.1. The normalized spacial score (nSPS) is 14.5. The van der Waals surface area contributed by atoms with Crippen LogP contribution in [0.3, 0.4) is 0 Å². The van der Waals surface area contributed by atoms with Gasteiger partial charge in [0.25, 0.3) is 0 Å². The molecule has 0 saturated heterocycles. The summed E-state index contributed by atoms with van der Waals surface area (Å²) in [5, 5.41) is 8.78. The number of allylic oxidation sites excluding steroid dienone is 1. The molecule has 132 valence electrons. The maximum absolute atomic E-state index is 10.5. The van der Waals surface area contributed by atoms with Crippen molar-refractivity contribution in [2.45, 2.75) is 38.3 Å². The monoisotopic (exact) mass is 341 g/mol. The Balaban J connectivity index is 0.000000351. The van der Waals surface area contributed by atoms with Crippen molar-refractivity contribution in [2.24, 2.45) is 0 Å². The van der Waals surface area contributed by atoms with Gasteiger partial charge in [-0.3, -0.25) is 0 Å². The van der Waals surface area contributed by atoms with E-state index in [-0.39, 0.29) is 0 Å². The molecule has 0 amide bonds. The average Bonchev–Trinajstić information content (AvgIpc) is 2.52. The average molecular weight is 341 g/mol. The Bertz CT molecular complexity index is 565. The lowest BCUT2D eigenvalue weighted by Gasteiger charge is -2.09. The Morgan fingerprint density at radius 3 is 2.38 bits per heavy atom. The summed E-state index contributed by atoms with van der Waals surface area (Å²) in [5.74, 6) is -3.01. The van der Waals surface area contributed by atoms with E-state index >= 15 is 0 Å². The van der Waals surface area contributed by atoms with Gasteiger partial charge in [0.2, 0.25) is 0 Å². The summed E-state index contributed by atoms with van der Waals surface area (Å²) in [4.78, 5) is 8.78. The fourth-order valence-electron chi connectivity index (χ4n) is 2.36. The Morgan fingerprint density at radius 1 is 1.21 bits per heavy atom. The summed E-state index contributed by atoms with van der Waals surface area (Å²) in [7, 11) is 0. The Kier molecular flexibility index (Phi) is 8.22. The van der Waals surface area contributed by atoms with E-state index in [0.29, 0.717) is 0 Å². The molecule has 0 aliphatic carbocycles. The highest BCUT2D eigenvalue weighted by molar-refractivity contribution is 5.73. The minimum atomic E-state index is -5.19. The molecule has 0 unspecified atom stereocenters. The highest BCUT2D eigenvalue weighted by Gasteiger charge is 2.28. The fourth-order valence-corrected chi connectivity index (χ4v) is 2.36. The first-order chi connectivity index (χ1) is 11.3. The first-order valence-corrected chi connectivity index (χ1v) is 7.88. The van der Waals surface area contributed by atoms with Crippen LogP contribution in [-0.4, -0.2) is 36.0 Å². The minimum Gasteiger partial charge on any atom is -0.542 e. The number of carboxylic acid groups (broad SMARTS) is 1. The number of carbonyl (C=O) groups is 1. The van der Waals surface area contributed by atoms with E-state index in [1.54, 1.807) is 0 Å². The lowest BCUT2D eigenvalue weighted by Crippen LogP contribution is -2.37. The second-order valence-electron chi connectivity index (χ2n) is 5.65. The van der Waals surface area contributed by atoms with Crippen molar-refractivity contribution in [1.82, 2.24) is 0 Å². The molecule has 0 aromatic heterocycles. The number of carbonyl (C=O) groups excluding carboxylic acids is 1. The topological polar surface area (TPSA) is 43.1 Å². The van der Waals surface area contributed by atoms with Gasteiger partial charge in [0.15, 0.2) is 6.21 Å². The van der Waals surface area contributed by atoms with Gasteiger partial charge in [-0.25, -0.2) is 4.58 Å². The molecule has 1 aromatic rings. The van der Waals surface area contributed by atoms with Crippen molar-refractivity contribution >= 4 is 12.2 Å². The Labute approximate surface area is 140 Å². The van der Waals surface area contributed by atoms with E-state index in [0.717, 1.165) is 0 Å². The highest BCUT2D eigenvalue weighted by atomic mass is 19.4. The summed E-state index contributed by atoms with van der Waals surface area (Å²) in [6.07, 6.45) is 3.26.